The molecule has 0 spiro atoms. The molecule has 100 valence electrons. The molecule has 2 heterocycles. The Hall–Kier alpha value is -2.51. The Morgan fingerprint density at radius 2 is 2.32 bits per heavy atom. The number of nitrogens with zero attached hydrogens (tertiary/aromatic N) is 4. The highest BCUT2D eigenvalue weighted by atomic mass is 19.1. The third-order valence-electron chi connectivity index (χ3n) is 2.36. The van der Waals surface area contributed by atoms with E-state index in [1.54, 1.807) is 13.1 Å². The van der Waals surface area contributed by atoms with E-state index in [0.717, 1.165) is 6.20 Å². The number of hydrogen-bond acceptors (Lipinski definition) is 4. The van der Waals surface area contributed by atoms with Gasteiger partial charge >= 0.3 is 6.09 Å². The van der Waals surface area contributed by atoms with E-state index in [0.29, 0.717) is 17.9 Å². The first-order chi connectivity index (χ1) is 9.04. The van der Waals surface area contributed by atoms with Crippen LogP contribution in [0, 0.1) is 5.82 Å². The van der Waals surface area contributed by atoms with Gasteiger partial charge in [0.25, 0.3) is 0 Å². The quantitative estimate of drug-likeness (QED) is 0.864. The third-order valence-corrected chi connectivity index (χ3v) is 2.36. The van der Waals surface area contributed by atoms with Crippen molar-refractivity contribution in [2.24, 2.45) is 0 Å². The topological polar surface area (TPSA) is 92.9 Å². The van der Waals surface area contributed by atoms with Crippen LogP contribution in [0.2, 0.25) is 0 Å². The van der Waals surface area contributed by atoms with E-state index in [1.165, 1.54) is 16.8 Å². The second-order valence-corrected chi connectivity index (χ2v) is 4.04. The van der Waals surface area contributed by atoms with Gasteiger partial charge in [-0.3, -0.25) is 4.98 Å². The van der Waals surface area contributed by atoms with Gasteiger partial charge in [-0.05, 0) is 19.1 Å². The van der Waals surface area contributed by atoms with Crippen LogP contribution in [-0.4, -0.2) is 37.2 Å². The molecule has 1 amide bonds. The zero-order valence-corrected chi connectivity index (χ0v) is 10.1. The summed E-state index contributed by atoms with van der Waals surface area (Å²) in [5.41, 5.74) is 1.01. The molecule has 7 nitrogen and oxygen atoms in total. The van der Waals surface area contributed by atoms with Crippen LogP contribution < -0.4 is 5.32 Å². The standard InChI is InChI=1S/C11H12FN5O2/c1-7(14-11(18)19)5-17-6-10(15-16-17)9-3-2-8(12)4-13-9/h2-4,6-7,14H,5H2,1H3,(H,18,19)/t7-/m0/s1. The minimum atomic E-state index is -1.09. The smallest absolute Gasteiger partial charge is 0.404 e. The van der Waals surface area contributed by atoms with Crippen molar-refractivity contribution in [1.82, 2.24) is 25.3 Å². The zero-order chi connectivity index (χ0) is 13.8. The van der Waals surface area contributed by atoms with Gasteiger partial charge in [0, 0.05) is 6.04 Å². The summed E-state index contributed by atoms with van der Waals surface area (Å²) >= 11 is 0. The summed E-state index contributed by atoms with van der Waals surface area (Å²) in [6, 6.07) is 2.49. The number of aromatic nitrogens is 4. The molecule has 0 aromatic carbocycles. The van der Waals surface area contributed by atoms with Crippen molar-refractivity contribution in [1.29, 1.82) is 0 Å². The van der Waals surface area contributed by atoms with Crippen LogP contribution >= 0.6 is 0 Å². The second-order valence-electron chi connectivity index (χ2n) is 4.04. The molecule has 0 radical (unpaired) electrons. The minimum Gasteiger partial charge on any atom is -0.465 e. The highest BCUT2D eigenvalue weighted by molar-refractivity contribution is 5.64. The Kier molecular flexibility index (Phi) is 3.69. The molecular weight excluding hydrogens is 253 g/mol. The maximum atomic E-state index is 12.7. The van der Waals surface area contributed by atoms with Gasteiger partial charge in [0.1, 0.15) is 11.5 Å². The Labute approximate surface area is 108 Å². The van der Waals surface area contributed by atoms with Gasteiger partial charge in [-0.15, -0.1) is 5.10 Å². The van der Waals surface area contributed by atoms with Crippen molar-refractivity contribution in [3.63, 3.8) is 0 Å². The van der Waals surface area contributed by atoms with Gasteiger partial charge < -0.3 is 10.4 Å². The first-order valence-electron chi connectivity index (χ1n) is 5.56. The summed E-state index contributed by atoms with van der Waals surface area (Å²) in [6.07, 6.45) is 1.64. The predicted octanol–water partition coefficient (Wildman–Crippen LogP) is 1.14. The first kappa shape index (κ1) is 12.9. The Bertz CT molecular complexity index is 569. The summed E-state index contributed by atoms with van der Waals surface area (Å²) in [4.78, 5) is 14.3. The lowest BCUT2D eigenvalue weighted by Crippen LogP contribution is -2.34. The molecule has 2 N–H and O–H groups in total. The van der Waals surface area contributed by atoms with Gasteiger partial charge in [0.05, 0.1) is 24.6 Å². The lowest BCUT2D eigenvalue weighted by atomic mass is 10.3. The second kappa shape index (κ2) is 5.42. The van der Waals surface area contributed by atoms with Crippen molar-refractivity contribution in [3.8, 4) is 11.4 Å². The molecule has 19 heavy (non-hydrogen) atoms. The van der Waals surface area contributed by atoms with Crippen LogP contribution in [0.3, 0.4) is 0 Å². The van der Waals surface area contributed by atoms with Crippen LogP contribution in [0.4, 0.5) is 9.18 Å². The fourth-order valence-electron chi connectivity index (χ4n) is 1.57. The molecular formula is C11H12FN5O2. The number of halogens is 1. The van der Waals surface area contributed by atoms with Crippen molar-refractivity contribution < 1.29 is 14.3 Å². The van der Waals surface area contributed by atoms with Gasteiger partial charge in [-0.1, -0.05) is 5.21 Å². The molecule has 2 aromatic rings. The fraction of sp³-hybridized carbons (Fsp3) is 0.273. The highest BCUT2D eigenvalue weighted by Crippen LogP contribution is 2.12. The van der Waals surface area contributed by atoms with Crippen LogP contribution in [0.25, 0.3) is 11.4 Å². The monoisotopic (exact) mass is 265 g/mol. The Morgan fingerprint density at radius 1 is 1.53 bits per heavy atom. The summed E-state index contributed by atoms with van der Waals surface area (Å²) in [5.74, 6) is -0.421. The summed E-state index contributed by atoms with van der Waals surface area (Å²) in [6.45, 7) is 2.06. The van der Waals surface area contributed by atoms with Crippen LogP contribution in [0.15, 0.2) is 24.5 Å². The van der Waals surface area contributed by atoms with Crippen LogP contribution in [0.5, 0.6) is 0 Å². The van der Waals surface area contributed by atoms with Crippen molar-refractivity contribution >= 4 is 6.09 Å². The number of hydrogen-bond donors (Lipinski definition) is 2. The predicted molar refractivity (Wildman–Crippen MR) is 63.8 cm³/mol. The lowest BCUT2D eigenvalue weighted by Gasteiger charge is -2.09. The first-order valence-corrected chi connectivity index (χ1v) is 5.56. The molecule has 1 atom stereocenters. The number of amides is 1. The SMILES string of the molecule is C[C@@H](Cn1cc(-c2ccc(F)cn2)nn1)NC(=O)O. The molecule has 0 aliphatic carbocycles. The number of carbonyl (C=O) groups is 1. The Morgan fingerprint density at radius 3 is 2.95 bits per heavy atom. The number of pyridine rings is 1. The van der Waals surface area contributed by atoms with Crippen molar-refractivity contribution in [2.45, 2.75) is 19.5 Å². The molecule has 2 aromatic heterocycles. The largest absolute Gasteiger partial charge is 0.465 e. The molecule has 2 rings (SSSR count). The highest BCUT2D eigenvalue weighted by Gasteiger charge is 2.09. The van der Waals surface area contributed by atoms with Crippen LogP contribution in [0.1, 0.15) is 6.92 Å². The lowest BCUT2D eigenvalue weighted by molar-refractivity contribution is 0.189. The summed E-state index contributed by atoms with van der Waals surface area (Å²) in [5, 5.41) is 18.6. The van der Waals surface area contributed by atoms with E-state index in [2.05, 4.69) is 20.6 Å². The van der Waals surface area contributed by atoms with E-state index in [4.69, 9.17) is 5.11 Å². The molecule has 0 aliphatic heterocycles. The number of nitrogens with one attached hydrogen (secondary N) is 1. The molecule has 0 bridgehead atoms. The average molecular weight is 265 g/mol. The fourth-order valence-corrected chi connectivity index (χ4v) is 1.57. The molecule has 0 unspecified atom stereocenters. The molecule has 0 aliphatic rings. The van der Waals surface area contributed by atoms with Crippen molar-refractivity contribution in [3.05, 3.63) is 30.3 Å². The van der Waals surface area contributed by atoms with Crippen molar-refractivity contribution in [2.75, 3.05) is 0 Å². The van der Waals surface area contributed by atoms with E-state index >= 15 is 0 Å². The molecule has 0 saturated heterocycles. The normalized spacial score (nSPS) is 12.1. The van der Waals surface area contributed by atoms with Crippen LogP contribution in [-0.2, 0) is 6.54 Å². The summed E-state index contributed by atoms with van der Waals surface area (Å²) < 4.78 is 14.2. The number of rotatable bonds is 4. The van der Waals surface area contributed by atoms with Gasteiger partial charge in [0.2, 0.25) is 0 Å². The van der Waals surface area contributed by atoms with Gasteiger partial charge in [-0.25, -0.2) is 13.9 Å². The van der Waals surface area contributed by atoms with Gasteiger partial charge in [0.15, 0.2) is 0 Å². The zero-order valence-electron chi connectivity index (χ0n) is 10.1. The maximum Gasteiger partial charge on any atom is 0.404 e. The Balaban J connectivity index is 2.06. The average Bonchev–Trinajstić information content (AvgIpc) is 2.77. The minimum absolute atomic E-state index is 0.298. The van der Waals surface area contributed by atoms with E-state index < -0.39 is 11.9 Å². The summed E-state index contributed by atoms with van der Waals surface area (Å²) in [7, 11) is 0. The maximum absolute atomic E-state index is 12.7. The third kappa shape index (κ3) is 3.47. The molecule has 0 fully saturated rings. The number of carboxylic acid groups (broad SMARTS) is 1. The van der Waals surface area contributed by atoms with E-state index in [-0.39, 0.29) is 6.04 Å². The molecule has 8 heteroatoms. The van der Waals surface area contributed by atoms with E-state index in [1.807, 2.05) is 0 Å². The van der Waals surface area contributed by atoms with E-state index in [9.17, 15) is 9.18 Å². The molecule has 0 saturated carbocycles. The van der Waals surface area contributed by atoms with Gasteiger partial charge in [-0.2, -0.15) is 0 Å².